The van der Waals surface area contributed by atoms with E-state index in [2.05, 4.69) is 25.0 Å². The Morgan fingerprint density at radius 3 is 2.90 bits per heavy atom. The first kappa shape index (κ1) is 13.4. The topological polar surface area (TPSA) is 141 Å². The van der Waals surface area contributed by atoms with E-state index in [1.165, 1.54) is 17.8 Å². The molecule has 0 bridgehead atoms. The molecule has 0 aliphatic rings. The van der Waals surface area contributed by atoms with Crippen molar-refractivity contribution in [1.29, 1.82) is 0 Å². The fraction of sp³-hybridized carbons (Fsp3) is 0.182. The third kappa shape index (κ3) is 2.65. The zero-order valence-electron chi connectivity index (χ0n) is 11.1. The summed E-state index contributed by atoms with van der Waals surface area (Å²) >= 11 is 1.27. The zero-order valence-corrected chi connectivity index (χ0v) is 11.9. The van der Waals surface area contributed by atoms with Crippen LogP contribution in [-0.4, -0.2) is 29.7 Å². The second-order valence-corrected chi connectivity index (χ2v) is 5.26. The minimum atomic E-state index is -0.299. The quantitative estimate of drug-likeness (QED) is 0.450. The van der Waals surface area contributed by atoms with Gasteiger partial charge in [-0.1, -0.05) is 11.8 Å². The molecule has 3 heterocycles. The van der Waals surface area contributed by atoms with Gasteiger partial charge in [0.25, 0.3) is 5.56 Å². The van der Waals surface area contributed by atoms with Crippen molar-refractivity contribution in [3.05, 3.63) is 28.4 Å². The van der Waals surface area contributed by atoms with Gasteiger partial charge in [-0.2, -0.15) is 5.10 Å². The molecule has 0 aliphatic carbocycles. The molecule has 9 nitrogen and oxygen atoms in total. The molecule has 0 aromatic carbocycles. The molecule has 10 heteroatoms. The molecule has 0 unspecified atom stereocenters. The van der Waals surface area contributed by atoms with Crippen LogP contribution < -0.4 is 17.0 Å². The normalized spacial score (nSPS) is 11.1. The van der Waals surface area contributed by atoms with Crippen LogP contribution in [-0.2, 0) is 12.8 Å². The lowest BCUT2D eigenvalue weighted by Gasteiger charge is -2.03. The fourth-order valence-electron chi connectivity index (χ4n) is 1.81. The van der Waals surface area contributed by atoms with Crippen molar-refractivity contribution in [3.8, 4) is 0 Å². The van der Waals surface area contributed by atoms with Gasteiger partial charge in [0.2, 0.25) is 0 Å². The molecular weight excluding hydrogens is 292 g/mol. The molecule has 3 rings (SSSR count). The Balaban J connectivity index is 1.88. The molecule has 0 aliphatic heterocycles. The predicted octanol–water partition coefficient (Wildman–Crippen LogP) is -0.0967. The minimum Gasteiger partial charge on any atom is -0.383 e. The second kappa shape index (κ2) is 5.05. The summed E-state index contributed by atoms with van der Waals surface area (Å²) in [6, 6.07) is 1.22. The highest BCUT2D eigenvalue weighted by Crippen LogP contribution is 2.21. The number of hydrogen-bond acceptors (Lipinski definition) is 8. The molecule has 108 valence electrons. The van der Waals surface area contributed by atoms with Gasteiger partial charge in [0.15, 0.2) is 10.8 Å². The summed E-state index contributed by atoms with van der Waals surface area (Å²) in [6.45, 7) is 0. The largest absolute Gasteiger partial charge is 0.383 e. The Morgan fingerprint density at radius 1 is 1.33 bits per heavy atom. The van der Waals surface area contributed by atoms with Crippen LogP contribution in [0, 0.1) is 0 Å². The molecule has 5 N–H and O–H groups in total. The number of aromatic amines is 1. The molecule has 21 heavy (non-hydrogen) atoms. The van der Waals surface area contributed by atoms with E-state index in [4.69, 9.17) is 11.5 Å². The number of nitrogens with two attached hydrogens (primary N) is 2. The van der Waals surface area contributed by atoms with E-state index in [1.54, 1.807) is 17.9 Å². The number of aryl methyl sites for hydroxylation is 1. The van der Waals surface area contributed by atoms with Gasteiger partial charge in [-0.05, 0) is 0 Å². The van der Waals surface area contributed by atoms with Gasteiger partial charge < -0.3 is 16.5 Å². The van der Waals surface area contributed by atoms with Crippen molar-refractivity contribution in [1.82, 2.24) is 29.7 Å². The van der Waals surface area contributed by atoms with Gasteiger partial charge >= 0.3 is 0 Å². The number of hydrogen-bond donors (Lipinski definition) is 3. The average Bonchev–Trinajstić information content (AvgIpc) is 2.78. The summed E-state index contributed by atoms with van der Waals surface area (Å²) in [7, 11) is 1.78. The van der Waals surface area contributed by atoms with E-state index in [-0.39, 0.29) is 11.4 Å². The number of rotatable bonds is 3. The Hall–Kier alpha value is -2.62. The monoisotopic (exact) mass is 304 g/mol. The van der Waals surface area contributed by atoms with Crippen LogP contribution in [0.2, 0.25) is 0 Å². The number of aromatic nitrogens is 6. The van der Waals surface area contributed by atoms with Gasteiger partial charge in [0.05, 0.1) is 17.3 Å². The van der Waals surface area contributed by atoms with Crippen LogP contribution in [0.25, 0.3) is 11.0 Å². The van der Waals surface area contributed by atoms with E-state index in [0.29, 0.717) is 33.6 Å². The van der Waals surface area contributed by atoms with Crippen LogP contribution in [0.5, 0.6) is 0 Å². The summed E-state index contributed by atoms with van der Waals surface area (Å²) < 4.78 is 1.63. The molecule has 0 saturated heterocycles. The van der Waals surface area contributed by atoms with E-state index >= 15 is 0 Å². The first-order chi connectivity index (χ1) is 10.0. The van der Waals surface area contributed by atoms with Gasteiger partial charge in [-0.3, -0.25) is 9.48 Å². The first-order valence-electron chi connectivity index (χ1n) is 5.96. The maximum absolute atomic E-state index is 11.3. The van der Waals surface area contributed by atoms with E-state index in [0.717, 1.165) is 0 Å². The van der Waals surface area contributed by atoms with Crippen molar-refractivity contribution in [2.24, 2.45) is 7.05 Å². The molecule has 0 atom stereocenters. The van der Waals surface area contributed by atoms with E-state index < -0.39 is 0 Å². The lowest BCUT2D eigenvalue weighted by molar-refractivity contribution is 0.782. The smallest absolute Gasteiger partial charge is 0.253 e. The first-order valence-corrected chi connectivity index (χ1v) is 6.95. The van der Waals surface area contributed by atoms with Crippen molar-refractivity contribution >= 4 is 34.4 Å². The molecule has 0 amide bonds. The van der Waals surface area contributed by atoms with Crippen molar-refractivity contribution in [2.75, 3.05) is 11.5 Å². The molecular formula is C11H12N8OS. The molecule has 3 aromatic rings. The Labute approximate surface area is 122 Å². The third-order valence-electron chi connectivity index (χ3n) is 2.75. The number of H-pyrrole nitrogens is 1. The number of anilines is 2. The van der Waals surface area contributed by atoms with Crippen LogP contribution in [0.3, 0.4) is 0 Å². The van der Waals surface area contributed by atoms with Gasteiger partial charge in [-0.25, -0.2) is 15.0 Å². The average molecular weight is 304 g/mol. The number of fused-ring (bicyclic) bond motifs is 1. The Morgan fingerprint density at radius 2 is 2.14 bits per heavy atom. The van der Waals surface area contributed by atoms with E-state index in [9.17, 15) is 4.79 Å². The van der Waals surface area contributed by atoms with Crippen molar-refractivity contribution in [3.63, 3.8) is 0 Å². The van der Waals surface area contributed by atoms with Crippen LogP contribution in [0.4, 0.5) is 11.6 Å². The van der Waals surface area contributed by atoms with Crippen molar-refractivity contribution in [2.45, 2.75) is 10.9 Å². The summed E-state index contributed by atoms with van der Waals surface area (Å²) in [5, 5.41) is 5.21. The van der Waals surface area contributed by atoms with Crippen LogP contribution in [0.1, 0.15) is 5.82 Å². The molecule has 0 fully saturated rings. The SMILES string of the molecule is Cn1ncc2c(N)nc(CSc3nc(N)cc(=O)[nH]3)nc21. The highest BCUT2D eigenvalue weighted by Gasteiger charge is 2.10. The van der Waals surface area contributed by atoms with Crippen LogP contribution >= 0.6 is 11.8 Å². The summed E-state index contributed by atoms with van der Waals surface area (Å²) in [5.74, 6) is 1.47. The van der Waals surface area contributed by atoms with Crippen LogP contribution in [0.15, 0.2) is 22.2 Å². The molecule has 0 saturated carbocycles. The highest BCUT2D eigenvalue weighted by atomic mass is 32.2. The highest BCUT2D eigenvalue weighted by molar-refractivity contribution is 7.98. The lowest BCUT2D eigenvalue weighted by atomic mass is 10.4. The van der Waals surface area contributed by atoms with Gasteiger partial charge in [0, 0.05) is 13.1 Å². The fourth-order valence-corrected chi connectivity index (χ4v) is 2.55. The minimum absolute atomic E-state index is 0.170. The standard InChI is InChI=1S/C11H12N8OS/c1-19-10-5(3-14-19)9(13)16-7(17-10)4-21-11-15-6(12)2-8(20)18-11/h2-3H,4H2,1H3,(H2,13,16,17)(H3,12,15,18,20). The number of nitrogens with zero attached hydrogens (tertiary/aromatic N) is 5. The number of nitrogens with one attached hydrogen (secondary N) is 1. The Bertz CT molecular complexity index is 870. The maximum Gasteiger partial charge on any atom is 0.253 e. The third-order valence-corrected chi connectivity index (χ3v) is 3.61. The predicted molar refractivity (Wildman–Crippen MR) is 79.5 cm³/mol. The number of nitrogen functional groups attached to an aromatic ring is 2. The summed E-state index contributed by atoms with van der Waals surface area (Å²) in [5.41, 5.74) is 11.8. The number of thioether (sulfide) groups is 1. The second-order valence-electron chi connectivity index (χ2n) is 4.29. The lowest BCUT2D eigenvalue weighted by Crippen LogP contribution is -2.09. The van der Waals surface area contributed by atoms with Gasteiger partial charge in [-0.15, -0.1) is 0 Å². The molecule has 0 spiro atoms. The molecule has 0 radical (unpaired) electrons. The summed E-state index contributed by atoms with van der Waals surface area (Å²) in [6.07, 6.45) is 1.62. The zero-order chi connectivity index (χ0) is 15.0. The molecule has 3 aromatic heterocycles. The maximum atomic E-state index is 11.3. The van der Waals surface area contributed by atoms with Gasteiger partial charge in [0.1, 0.15) is 17.5 Å². The van der Waals surface area contributed by atoms with E-state index in [1.807, 2.05) is 0 Å². The Kier molecular flexibility index (Phi) is 3.22. The van der Waals surface area contributed by atoms with Crippen molar-refractivity contribution < 1.29 is 0 Å². The summed E-state index contributed by atoms with van der Waals surface area (Å²) in [4.78, 5) is 26.5.